The standard InChI is InChI=1S/C23H27N3O3.ClH/c1-26(20-8-6-19(7-9-20)22(27)28)21(23(29)11-13-25-14-12-23)10-5-17-3-2-4-18(15-17)16-24;/h2-4,6-9,15,21,25,29H,5,10-14H2,1H3,(H,27,28);1H. The maximum atomic E-state index is 11.5. The molecule has 1 heterocycles. The van der Waals surface area contributed by atoms with E-state index in [1.165, 1.54) is 0 Å². The van der Waals surface area contributed by atoms with Crippen LogP contribution in [-0.2, 0) is 6.42 Å². The number of carboxylic acids is 1. The molecule has 0 aliphatic carbocycles. The molecule has 2 aromatic carbocycles. The summed E-state index contributed by atoms with van der Waals surface area (Å²) < 4.78 is 0. The minimum Gasteiger partial charge on any atom is -0.478 e. The van der Waals surface area contributed by atoms with Crippen molar-refractivity contribution in [3.63, 3.8) is 0 Å². The van der Waals surface area contributed by atoms with Crippen LogP contribution in [0.1, 0.15) is 40.7 Å². The zero-order valence-corrected chi connectivity index (χ0v) is 17.9. The van der Waals surface area contributed by atoms with Crippen LogP contribution in [0.4, 0.5) is 5.69 Å². The van der Waals surface area contributed by atoms with E-state index in [2.05, 4.69) is 16.3 Å². The molecule has 3 N–H and O–H groups in total. The third kappa shape index (κ3) is 5.51. The smallest absolute Gasteiger partial charge is 0.335 e. The van der Waals surface area contributed by atoms with Gasteiger partial charge in [-0.2, -0.15) is 5.26 Å². The summed E-state index contributed by atoms with van der Waals surface area (Å²) in [6.07, 6.45) is 2.79. The van der Waals surface area contributed by atoms with Crippen molar-refractivity contribution in [1.29, 1.82) is 5.26 Å². The molecule has 0 bridgehead atoms. The summed E-state index contributed by atoms with van der Waals surface area (Å²) in [5, 5.41) is 33.0. The lowest BCUT2D eigenvalue weighted by atomic mass is 9.81. The molecule has 6 nitrogen and oxygen atoms in total. The molecular weight excluding hydrogens is 402 g/mol. The lowest BCUT2D eigenvalue weighted by Crippen LogP contribution is -2.56. The summed E-state index contributed by atoms with van der Waals surface area (Å²) in [5.41, 5.74) is 1.99. The van der Waals surface area contributed by atoms with E-state index in [1.54, 1.807) is 30.3 Å². The number of carbonyl (C=O) groups is 1. The summed E-state index contributed by atoms with van der Waals surface area (Å²) in [5.74, 6) is -0.954. The normalized spacial score (nSPS) is 16.0. The fraction of sp³-hybridized carbons (Fsp3) is 0.391. The van der Waals surface area contributed by atoms with Gasteiger partial charge in [-0.05, 0) is 80.7 Å². The van der Waals surface area contributed by atoms with Crippen molar-refractivity contribution in [3.05, 3.63) is 65.2 Å². The third-order valence-electron chi connectivity index (χ3n) is 5.84. The molecule has 0 amide bonds. The molecule has 1 aliphatic heterocycles. The summed E-state index contributed by atoms with van der Waals surface area (Å²) >= 11 is 0. The minimum absolute atomic E-state index is 0. The Labute approximate surface area is 183 Å². The molecular formula is C23H28ClN3O3. The summed E-state index contributed by atoms with van der Waals surface area (Å²) in [4.78, 5) is 13.2. The number of piperidine rings is 1. The van der Waals surface area contributed by atoms with Crippen LogP contribution in [0.3, 0.4) is 0 Å². The minimum atomic E-state index is -0.954. The van der Waals surface area contributed by atoms with Crippen LogP contribution >= 0.6 is 12.4 Å². The molecule has 3 rings (SSSR count). The van der Waals surface area contributed by atoms with Crippen LogP contribution in [0.5, 0.6) is 0 Å². The number of benzene rings is 2. The second-order valence-corrected chi connectivity index (χ2v) is 7.68. The van der Waals surface area contributed by atoms with Gasteiger partial charge in [0, 0.05) is 12.7 Å². The molecule has 0 radical (unpaired) electrons. The number of aryl methyl sites for hydroxylation is 1. The highest BCUT2D eigenvalue weighted by Crippen LogP contribution is 2.32. The number of nitrogens with zero attached hydrogens (tertiary/aromatic N) is 2. The Hall–Kier alpha value is -2.59. The molecule has 0 spiro atoms. The fourth-order valence-corrected chi connectivity index (χ4v) is 4.13. The first-order valence-corrected chi connectivity index (χ1v) is 9.91. The van der Waals surface area contributed by atoms with Gasteiger partial charge < -0.3 is 20.4 Å². The van der Waals surface area contributed by atoms with Gasteiger partial charge in [0.25, 0.3) is 0 Å². The SMILES string of the molecule is CN(c1ccc(C(=O)O)cc1)C(CCc1cccc(C#N)c1)C1(O)CCNCC1.Cl. The molecule has 7 heteroatoms. The Morgan fingerprint density at radius 1 is 1.23 bits per heavy atom. The Bertz CT molecular complexity index is 889. The molecule has 1 unspecified atom stereocenters. The molecule has 2 aromatic rings. The number of rotatable bonds is 7. The van der Waals surface area contributed by atoms with Crippen molar-refractivity contribution in [3.8, 4) is 6.07 Å². The van der Waals surface area contributed by atoms with Crippen molar-refractivity contribution in [2.75, 3.05) is 25.0 Å². The Morgan fingerprint density at radius 2 is 1.90 bits per heavy atom. The Kier molecular flexibility index (Phi) is 8.24. The molecule has 1 saturated heterocycles. The maximum Gasteiger partial charge on any atom is 0.335 e. The van der Waals surface area contributed by atoms with Crippen molar-refractivity contribution < 1.29 is 15.0 Å². The number of nitrogens with one attached hydrogen (secondary N) is 1. The van der Waals surface area contributed by atoms with Gasteiger partial charge in [-0.25, -0.2) is 4.79 Å². The average molecular weight is 430 g/mol. The average Bonchev–Trinajstić information content (AvgIpc) is 2.74. The van der Waals surface area contributed by atoms with Gasteiger partial charge in [-0.15, -0.1) is 12.4 Å². The quantitative estimate of drug-likeness (QED) is 0.625. The first kappa shape index (κ1) is 23.7. The van der Waals surface area contributed by atoms with Gasteiger partial charge in [0.05, 0.1) is 28.8 Å². The molecule has 1 aliphatic rings. The number of halogens is 1. The van der Waals surface area contributed by atoms with E-state index in [0.717, 1.165) is 37.2 Å². The van der Waals surface area contributed by atoms with Crippen LogP contribution in [0.2, 0.25) is 0 Å². The van der Waals surface area contributed by atoms with Crippen LogP contribution < -0.4 is 10.2 Å². The molecule has 30 heavy (non-hydrogen) atoms. The van der Waals surface area contributed by atoms with Crippen molar-refractivity contribution in [2.45, 2.75) is 37.3 Å². The molecule has 0 saturated carbocycles. The fourth-order valence-electron chi connectivity index (χ4n) is 4.13. The van der Waals surface area contributed by atoms with Crippen LogP contribution in [0, 0.1) is 11.3 Å². The van der Waals surface area contributed by atoms with E-state index >= 15 is 0 Å². The van der Waals surface area contributed by atoms with Crippen LogP contribution in [-0.4, -0.2) is 48.0 Å². The highest BCUT2D eigenvalue weighted by molar-refractivity contribution is 5.88. The lowest BCUT2D eigenvalue weighted by molar-refractivity contribution is -0.0167. The Balaban J connectivity index is 0.00000320. The number of anilines is 1. The van der Waals surface area contributed by atoms with Gasteiger partial charge in [0.15, 0.2) is 0 Å². The van der Waals surface area contributed by atoms with E-state index < -0.39 is 11.6 Å². The topological polar surface area (TPSA) is 96.6 Å². The van der Waals surface area contributed by atoms with Crippen LogP contribution in [0.15, 0.2) is 48.5 Å². The van der Waals surface area contributed by atoms with E-state index in [9.17, 15) is 9.90 Å². The highest BCUT2D eigenvalue weighted by atomic mass is 35.5. The second-order valence-electron chi connectivity index (χ2n) is 7.68. The van der Waals surface area contributed by atoms with E-state index in [4.69, 9.17) is 10.4 Å². The van der Waals surface area contributed by atoms with Gasteiger partial charge in [-0.3, -0.25) is 0 Å². The monoisotopic (exact) mass is 429 g/mol. The zero-order valence-electron chi connectivity index (χ0n) is 17.0. The summed E-state index contributed by atoms with van der Waals surface area (Å²) in [6, 6.07) is 16.4. The van der Waals surface area contributed by atoms with Crippen molar-refractivity contribution in [1.82, 2.24) is 5.32 Å². The van der Waals surface area contributed by atoms with Gasteiger partial charge >= 0.3 is 5.97 Å². The van der Waals surface area contributed by atoms with Crippen LogP contribution in [0.25, 0.3) is 0 Å². The lowest BCUT2D eigenvalue weighted by Gasteiger charge is -2.45. The van der Waals surface area contributed by atoms with Crippen molar-refractivity contribution >= 4 is 24.1 Å². The number of aromatic carboxylic acids is 1. The highest BCUT2D eigenvalue weighted by Gasteiger charge is 2.40. The van der Waals surface area contributed by atoms with E-state index in [1.807, 2.05) is 25.2 Å². The maximum absolute atomic E-state index is 11.5. The first-order chi connectivity index (χ1) is 13.9. The molecule has 1 atom stereocenters. The second kappa shape index (κ2) is 10.4. The van der Waals surface area contributed by atoms with Gasteiger partial charge in [0.2, 0.25) is 0 Å². The molecule has 0 aromatic heterocycles. The zero-order chi connectivity index (χ0) is 20.9. The number of likely N-dealkylation sites (N-methyl/N-ethyl adjacent to an activating group) is 1. The number of hydrogen-bond acceptors (Lipinski definition) is 5. The largest absolute Gasteiger partial charge is 0.478 e. The molecule has 160 valence electrons. The number of carboxylic acid groups (broad SMARTS) is 1. The Morgan fingerprint density at radius 3 is 2.50 bits per heavy atom. The predicted octanol–water partition coefficient (Wildman–Crippen LogP) is 3.23. The van der Waals surface area contributed by atoms with Gasteiger partial charge in [-0.1, -0.05) is 12.1 Å². The van der Waals surface area contributed by atoms with E-state index in [-0.39, 0.29) is 24.0 Å². The van der Waals surface area contributed by atoms with Gasteiger partial charge in [0.1, 0.15) is 0 Å². The number of aliphatic hydroxyl groups is 1. The molecule has 1 fully saturated rings. The number of nitriles is 1. The van der Waals surface area contributed by atoms with E-state index in [0.29, 0.717) is 18.4 Å². The van der Waals surface area contributed by atoms with Crippen molar-refractivity contribution in [2.24, 2.45) is 0 Å². The predicted molar refractivity (Wildman–Crippen MR) is 119 cm³/mol. The summed E-state index contributed by atoms with van der Waals surface area (Å²) in [6.45, 7) is 1.53. The number of hydrogen-bond donors (Lipinski definition) is 3. The third-order valence-corrected chi connectivity index (χ3v) is 5.84. The first-order valence-electron chi connectivity index (χ1n) is 9.91. The summed E-state index contributed by atoms with van der Waals surface area (Å²) in [7, 11) is 1.95.